The van der Waals surface area contributed by atoms with Crippen LogP contribution in [-0.4, -0.2) is 19.4 Å². The van der Waals surface area contributed by atoms with Crippen LogP contribution in [0, 0.1) is 6.92 Å². The lowest BCUT2D eigenvalue weighted by Crippen LogP contribution is -2.34. The molecule has 3 N–H and O–H groups in total. The summed E-state index contributed by atoms with van der Waals surface area (Å²) in [6.45, 7) is 3.86. The van der Waals surface area contributed by atoms with Crippen LogP contribution in [0.4, 0.5) is 5.69 Å². The molecule has 0 bridgehead atoms. The Hall–Kier alpha value is -1.44. The number of rotatable bonds is 5. The Morgan fingerprint density at radius 2 is 2.15 bits per heavy atom. The lowest BCUT2D eigenvalue weighted by Gasteiger charge is -2.14. The third-order valence-electron chi connectivity index (χ3n) is 2.77. The molecule has 0 aromatic carbocycles. The van der Waals surface area contributed by atoms with Gasteiger partial charge in [-0.1, -0.05) is 0 Å². The number of aromatic nitrogens is 1. The van der Waals surface area contributed by atoms with Crippen LogP contribution >= 0.6 is 11.3 Å². The number of aryl methyl sites for hydroxylation is 1. The van der Waals surface area contributed by atoms with E-state index in [4.69, 9.17) is 5.73 Å². The van der Waals surface area contributed by atoms with Gasteiger partial charge in [0.15, 0.2) is 0 Å². The van der Waals surface area contributed by atoms with Gasteiger partial charge in [-0.25, -0.2) is 13.1 Å². The summed E-state index contributed by atoms with van der Waals surface area (Å²) in [5.74, 6) is 0. The number of sulfonamides is 1. The predicted molar refractivity (Wildman–Crippen MR) is 81.2 cm³/mol. The first kappa shape index (κ1) is 15.0. The Morgan fingerprint density at radius 1 is 1.40 bits per heavy atom. The van der Waals surface area contributed by atoms with Crippen molar-refractivity contribution >= 4 is 27.0 Å². The number of nitrogens with two attached hydrogens (primary N) is 1. The molecule has 0 spiro atoms. The number of nitrogens with one attached hydrogen (secondary N) is 1. The van der Waals surface area contributed by atoms with E-state index in [-0.39, 0.29) is 16.6 Å². The molecule has 0 saturated heterocycles. The van der Waals surface area contributed by atoms with Gasteiger partial charge in [0.2, 0.25) is 10.0 Å². The van der Waals surface area contributed by atoms with Gasteiger partial charge in [0, 0.05) is 28.2 Å². The van der Waals surface area contributed by atoms with E-state index >= 15 is 0 Å². The molecule has 0 amide bonds. The molecular formula is C13H17N3O2S2. The number of pyridine rings is 1. The molecule has 1 unspecified atom stereocenters. The second kappa shape index (κ2) is 5.90. The van der Waals surface area contributed by atoms with Crippen LogP contribution < -0.4 is 10.5 Å². The fourth-order valence-corrected chi connectivity index (χ4v) is 4.22. The van der Waals surface area contributed by atoms with E-state index in [2.05, 4.69) is 9.71 Å². The van der Waals surface area contributed by atoms with Crippen molar-refractivity contribution in [3.8, 4) is 0 Å². The minimum atomic E-state index is -3.64. The standard InChI is InChI=1S/C13H17N3O2S2/c1-9(7-11-4-3-10(2)19-11)16-20(17,18)13-8-15-6-5-12(13)14/h3-6,8-9,16H,7H2,1-2H3,(H2,14,15). The average molecular weight is 311 g/mol. The van der Waals surface area contributed by atoms with Crippen molar-refractivity contribution in [2.75, 3.05) is 5.73 Å². The first-order valence-electron chi connectivity index (χ1n) is 6.15. The molecule has 2 rings (SSSR count). The van der Waals surface area contributed by atoms with Crippen LogP contribution in [0.1, 0.15) is 16.7 Å². The molecule has 0 aliphatic heterocycles. The van der Waals surface area contributed by atoms with E-state index in [1.54, 1.807) is 11.3 Å². The number of anilines is 1. The number of thiophene rings is 1. The van der Waals surface area contributed by atoms with Crippen molar-refractivity contribution in [3.05, 3.63) is 40.3 Å². The van der Waals surface area contributed by atoms with Crippen LogP contribution in [0.25, 0.3) is 0 Å². The van der Waals surface area contributed by atoms with Crippen molar-refractivity contribution in [1.29, 1.82) is 0 Å². The number of nitrogen functional groups attached to an aromatic ring is 1. The fraction of sp³-hybridized carbons (Fsp3) is 0.308. The molecule has 2 heterocycles. The number of hydrogen-bond acceptors (Lipinski definition) is 5. The van der Waals surface area contributed by atoms with Gasteiger partial charge >= 0.3 is 0 Å². The molecule has 1 atom stereocenters. The average Bonchev–Trinajstić information content (AvgIpc) is 2.74. The Morgan fingerprint density at radius 3 is 2.75 bits per heavy atom. The first-order valence-corrected chi connectivity index (χ1v) is 8.45. The zero-order chi connectivity index (χ0) is 14.8. The van der Waals surface area contributed by atoms with Gasteiger partial charge in [-0.2, -0.15) is 0 Å². The topological polar surface area (TPSA) is 85.1 Å². The summed E-state index contributed by atoms with van der Waals surface area (Å²) in [6.07, 6.45) is 3.38. The number of hydrogen-bond donors (Lipinski definition) is 2. The van der Waals surface area contributed by atoms with E-state index in [1.807, 2.05) is 26.0 Å². The van der Waals surface area contributed by atoms with E-state index in [0.29, 0.717) is 6.42 Å². The third-order valence-corrected chi connectivity index (χ3v) is 5.42. The van der Waals surface area contributed by atoms with Gasteiger partial charge in [-0.3, -0.25) is 4.98 Å². The quantitative estimate of drug-likeness (QED) is 0.883. The van der Waals surface area contributed by atoms with Crippen molar-refractivity contribution in [2.45, 2.75) is 31.2 Å². The Balaban J connectivity index is 2.10. The van der Waals surface area contributed by atoms with Gasteiger partial charge in [-0.05, 0) is 38.5 Å². The third kappa shape index (κ3) is 3.56. The molecular weight excluding hydrogens is 294 g/mol. The smallest absolute Gasteiger partial charge is 0.244 e. The maximum atomic E-state index is 12.2. The summed E-state index contributed by atoms with van der Waals surface area (Å²) in [5, 5.41) is 0. The lowest BCUT2D eigenvalue weighted by molar-refractivity contribution is 0.561. The van der Waals surface area contributed by atoms with Crippen molar-refractivity contribution in [3.63, 3.8) is 0 Å². The van der Waals surface area contributed by atoms with Crippen LogP contribution in [0.15, 0.2) is 35.5 Å². The summed E-state index contributed by atoms with van der Waals surface area (Å²) in [4.78, 5) is 6.20. The Bertz CT molecular complexity index is 695. The van der Waals surface area contributed by atoms with Crippen molar-refractivity contribution in [2.24, 2.45) is 0 Å². The molecule has 2 aromatic heterocycles. The van der Waals surface area contributed by atoms with E-state index in [0.717, 1.165) is 4.88 Å². The molecule has 0 saturated carbocycles. The van der Waals surface area contributed by atoms with Crippen LogP contribution in [0.5, 0.6) is 0 Å². The predicted octanol–water partition coefficient (Wildman–Crippen LogP) is 1.94. The maximum absolute atomic E-state index is 12.2. The van der Waals surface area contributed by atoms with Crippen molar-refractivity contribution < 1.29 is 8.42 Å². The molecule has 20 heavy (non-hydrogen) atoms. The van der Waals surface area contributed by atoms with E-state index < -0.39 is 10.0 Å². The monoisotopic (exact) mass is 311 g/mol. The minimum absolute atomic E-state index is 0.0224. The number of nitrogens with zero attached hydrogens (tertiary/aromatic N) is 1. The van der Waals surface area contributed by atoms with Gasteiger partial charge in [0.1, 0.15) is 4.90 Å². The Labute approximate surface area is 122 Å². The summed E-state index contributed by atoms with van der Waals surface area (Å²) in [7, 11) is -3.64. The molecule has 0 aliphatic carbocycles. The molecule has 0 aliphatic rings. The second-order valence-corrected chi connectivity index (χ2v) is 7.71. The summed E-state index contributed by atoms with van der Waals surface area (Å²) < 4.78 is 27.1. The highest BCUT2D eigenvalue weighted by Crippen LogP contribution is 2.19. The fourth-order valence-electron chi connectivity index (χ4n) is 1.88. The van der Waals surface area contributed by atoms with Gasteiger partial charge in [0.05, 0.1) is 5.69 Å². The Kier molecular flexibility index (Phi) is 4.42. The normalized spacial score (nSPS) is 13.3. The molecule has 0 fully saturated rings. The molecule has 2 aromatic rings. The summed E-state index contributed by atoms with van der Waals surface area (Å²) >= 11 is 1.67. The van der Waals surface area contributed by atoms with E-state index in [1.165, 1.54) is 23.3 Å². The van der Waals surface area contributed by atoms with Gasteiger partial charge in [0.25, 0.3) is 0 Å². The highest BCUT2D eigenvalue weighted by atomic mass is 32.2. The van der Waals surface area contributed by atoms with Crippen LogP contribution in [0.3, 0.4) is 0 Å². The highest BCUT2D eigenvalue weighted by Gasteiger charge is 2.20. The molecule has 7 heteroatoms. The minimum Gasteiger partial charge on any atom is -0.398 e. The SMILES string of the molecule is Cc1ccc(CC(C)NS(=O)(=O)c2cnccc2N)s1. The molecule has 0 radical (unpaired) electrons. The van der Waals surface area contributed by atoms with Gasteiger partial charge < -0.3 is 5.73 Å². The zero-order valence-corrected chi connectivity index (χ0v) is 13.0. The summed E-state index contributed by atoms with van der Waals surface area (Å²) in [6, 6.07) is 5.31. The first-order chi connectivity index (χ1) is 9.38. The van der Waals surface area contributed by atoms with Crippen LogP contribution in [-0.2, 0) is 16.4 Å². The lowest BCUT2D eigenvalue weighted by atomic mass is 10.2. The van der Waals surface area contributed by atoms with Gasteiger partial charge in [-0.15, -0.1) is 11.3 Å². The summed E-state index contributed by atoms with van der Waals surface area (Å²) in [5.41, 5.74) is 5.88. The maximum Gasteiger partial charge on any atom is 0.244 e. The second-order valence-electron chi connectivity index (χ2n) is 4.65. The molecule has 5 nitrogen and oxygen atoms in total. The van der Waals surface area contributed by atoms with Crippen LogP contribution in [0.2, 0.25) is 0 Å². The largest absolute Gasteiger partial charge is 0.398 e. The van der Waals surface area contributed by atoms with Crippen molar-refractivity contribution in [1.82, 2.24) is 9.71 Å². The zero-order valence-electron chi connectivity index (χ0n) is 11.3. The molecule has 108 valence electrons. The van der Waals surface area contributed by atoms with E-state index in [9.17, 15) is 8.42 Å². The highest BCUT2D eigenvalue weighted by molar-refractivity contribution is 7.89.